The number of halogens is 1. The summed E-state index contributed by atoms with van der Waals surface area (Å²) in [6, 6.07) is 5.48. The van der Waals surface area contributed by atoms with Crippen LogP contribution < -0.4 is 5.73 Å². The molecule has 0 spiro atoms. The average Bonchev–Trinajstić information content (AvgIpc) is 3.11. The van der Waals surface area contributed by atoms with E-state index in [0.29, 0.717) is 23.3 Å². The molecule has 1 aromatic heterocycles. The zero-order valence-corrected chi connectivity index (χ0v) is 12.1. The van der Waals surface area contributed by atoms with Crippen molar-refractivity contribution >= 4 is 21.6 Å². The molecule has 0 bridgehead atoms. The Morgan fingerprint density at radius 2 is 2.26 bits per heavy atom. The van der Waals surface area contributed by atoms with Crippen LogP contribution in [0.4, 0.5) is 5.69 Å². The molecular formula is C13H14BrN3O2. The zero-order chi connectivity index (χ0) is 13.4. The van der Waals surface area contributed by atoms with Gasteiger partial charge < -0.3 is 15.0 Å². The molecule has 5 nitrogen and oxygen atoms in total. The second-order valence-electron chi connectivity index (χ2n) is 4.69. The van der Waals surface area contributed by atoms with E-state index in [1.807, 2.05) is 12.1 Å². The lowest BCUT2D eigenvalue weighted by atomic mass is 10.2. The van der Waals surface area contributed by atoms with Gasteiger partial charge in [-0.1, -0.05) is 5.16 Å². The number of benzene rings is 1. The molecule has 1 aliphatic rings. The Labute approximate surface area is 119 Å². The molecular weight excluding hydrogens is 310 g/mol. The van der Waals surface area contributed by atoms with Gasteiger partial charge >= 0.3 is 0 Å². The molecule has 6 heteroatoms. The summed E-state index contributed by atoms with van der Waals surface area (Å²) in [6.07, 6.45) is 2.24. The highest BCUT2D eigenvalue weighted by molar-refractivity contribution is 9.10. The van der Waals surface area contributed by atoms with Crippen molar-refractivity contribution in [1.82, 2.24) is 10.1 Å². The van der Waals surface area contributed by atoms with Crippen molar-refractivity contribution < 1.29 is 9.26 Å². The van der Waals surface area contributed by atoms with Crippen LogP contribution in [0.5, 0.6) is 0 Å². The van der Waals surface area contributed by atoms with E-state index < -0.39 is 0 Å². The Hall–Kier alpha value is -1.40. The number of aromatic nitrogens is 2. The number of nitrogen functional groups attached to an aromatic ring is 1. The van der Waals surface area contributed by atoms with Gasteiger partial charge in [-0.3, -0.25) is 0 Å². The van der Waals surface area contributed by atoms with Gasteiger partial charge in [-0.25, -0.2) is 0 Å². The number of methoxy groups -OCH3 is 1. The first-order valence-corrected chi connectivity index (χ1v) is 6.90. The number of hydrogen-bond donors (Lipinski definition) is 1. The van der Waals surface area contributed by atoms with Crippen LogP contribution in [0.3, 0.4) is 0 Å². The van der Waals surface area contributed by atoms with Gasteiger partial charge in [0.1, 0.15) is 6.10 Å². The van der Waals surface area contributed by atoms with E-state index in [4.69, 9.17) is 15.0 Å². The number of rotatable bonds is 4. The van der Waals surface area contributed by atoms with Crippen molar-refractivity contribution in [1.29, 1.82) is 0 Å². The lowest BCUT2D eigenvalue weighted by Crippen LogP contribution is -2.05. The molecule has 1 atom stereocenters. The third-order valence-corrected chi connectivity index (χ3v) is 3.91. The SMILES string of the molecule is COC(c1noc(-c2cc(N)ccc2Br)n1)C1CC1. The van der Waals surface area contributed by atoms with Crippen LogP contribution in [0.25, 0.3) is 11.5 Å². The second-order valence-corrected chi connectivity index (χ2v) is 5.55. The molecule has 19 heavy (non-hydrogen) atoms. The topological polar surface area (TPSA) is 74.2 Å². The molecule has 1 fully saturated rings. The summed E-state index contributed by atoms with van der Waals surface area (Å²) in [5.74, 6) is 1.57. The van der Waals surface area contributed by atoms with Crippen LogP contribution in [-0.2, 0) is 4.74 Å². The molecule has 3 rings (SSSR count). The third kappa shape index (κ3) is 2.50. The largest absolute Gasteiger partial charge is 0.399 e. The number of nitrogens with zero attached hydrogens (tertiary/aromatic N) is 2. The van der Waals surface area contributed by atoms with Crippen LogP contribution in [0.1, 0.15) is 24.8 Å². The molecule has 1 saturated carbocycles. The maximum Gasteiger partial charge on any atom is 0.259 e. The van der Waals surface area contributed by atoms with E-state index in [-0.39, 0.29) is 6.10 Å². The fourth-order valence-corrected chi connectivity index (χ4v) is 2.49. The van der Waals surface area contributed by atoms with Gasteiger partial charge in [0, 0.05) is 17.3 Å². The van der Waals surface area contributed by atoms with Crippen LogP contribution >= 0.6 is 15.9 Å². The van der Waals surface area contributed by atoms with Crippen LogP contribution in [0, 0.1) is 5.92 Å². The highest BCUT2D eigenvalue weighted by Crippen LogP contribution is 2.42. The van der Waals surface area contributed by atoms with Crippen molar-refractivity contribution in [3.63, 3.8) is 0 Å². The summed E-state index contributed by atoms with van der Waals surface area (Å²) in [7, 11) is 1.68. The van der Waals surface area contributed by atoms with Gasteiger partial charge in [0.05, 0.1) is 5.56 Å². The van der Waals surface area contributed by atoms with E-state index in [1.165, 1.54) is 0 Å². The summed E-state index contributed by atoms with van der Waals surface area (Å²) in [5.41, 5.74) is 7.23. The fraction of sp³-hybridized carbons (Fsp3) is 0.385. The van der Waals surface area contributed by atoms with Gasteiger partial charge in [0.25, 0.3) is 5.89 Å². The molecule has 1 aliphatic carbocycles. The standard InChI is InChI=1S/C13H14BrN3O2/c1-18-11(7-2-3-7)12-16-13(19-17-12)9-6-8(15)4-5-10(9)14/h4-7,11H,2-3,15H2,1H3. The number of hydrogen-bond acceptors (Lipinski definition) is 5. The highest BCUT2D eigenvalue weighted by atomic mass is 79.9. The minimum absolute atomic E-state index is 0.0719. The van der Waals surface area contributed by atoms with Crippen molar-refractivity contribution in [2.24, 2.45) is 5.92 Å². The zero-order valence-electron chi connectivity index (χ0n) is 10.5. The summed E-state index contributed by atoms with van der Waals surface area (Å²) in [4.78, 5) is 4.43. The Morgan fingerprint density at radius 1 is 1.47 bits per heavy atom. The first kappa shape index (κ1) is 12.6. The van der Waals surface area contributed by atoms with Gasteiger partial charge in [-0.15, -0.1) is 0 Å². The normalized spacial score (nSPS) is 16.5. The summed E-state index contributed by atoms with van der Waals surface area (Å²) >= 11 is 3.46. The van der Waals surface area contributed by atoms with Gasteiger partial charge in [0.15, 0.2) is 0 Å². The first-order chi connectivity index (χ1) is 9.19. The molecule has 1 aromatic carbocycles. The number of anilines is 1. The van der Waals surface area contributed by atoms with Gasteiger partial charge in [-0.2, -0.15) is 4.98 Å². The third-order valence-electron chi connectivity index (χ3n) is 3.22. The second kappa shape index (κ2) is 4.94. The number of nitrogens with two attached hydrogens (primary N) is 1. The Balaban J connectivity index is 1.94. The Kier molecular flexibility index (Phi) is 3.28. The van der Waals surface area contributed by atoms with Crippen molar-refractivity contribution in [3.8, 4) is 11.5 Å². The average molecular weight is 324 g/mol. The van der Waals surface area contributed by atoms with Crippen molar-refractivity contribution in [2.75, 3.05) is 12.8 Å². The van der Waals surface area contributed by atoms with Crippen LogP contribution in [0.2, 0.25) is 0 Å². The van der Waals surface area contributed by atoms with Crippen LogP contribution in [-0.4, -0.2) is 17.3 Å². The van der Waals surface area contributed by atoms with E-state index in [1.54, 1.807) is 13.2 Å². The number of ether oxygens (including phenoxy) is 1. The predicted molar refractivity (Wildman–Crippen MR) is 74.3 cm³/mol. The van der Waals surface area contributed by atoms with E-state index in [9.17, 15) is 0 Å². The molecule has 1 unspecified atom stereocenters. The molecule has 0 amide bonds. The molecule has 2 N–H and O–H groups in total. The lowest BCUT2D eigenvalue weighted by molar-refractivity contribution is 0.0751. The fourth-order valence-electron chi connectivity index (χ4n) is 2.07. The Morgan fingerprint density at radius 3 is 2.95 bits per heavy atom. The summed E-state index contributed by atoms with van der Waals surface area (Å²) in [6.45, 7) is 0. The van der Waals surface area contributed by atoms with E-state index in [0.717, 1.165) is 22.9 Å². The molecule has 0 aliphatic heterocycles. The minimum atomic E-state index is -0.0719. The predicted octanol–water partition coefficient (Wildman–Crippen LogP) is 3.18. The molecule has 2 aromatic rings. The molecule has 0 saturated heterocycles. The molecule has 1 heterocycles. The maximum absolute atomic E-state index is 5.78. The summed E-state index contributed by atoms with van der Waals surface area (Å²) < 4.78 is 11.6. The van der Waals surface area contributed by atoms with Gasteiger partial charge in [-0.05, 0) is 52.9 Å². The summed E-state index contributed by atoms with van der Waals surface area (Å²) in [5, 5.41) is 4.02. The van der Waals surface area contributed by atoms with Crippen molar-refractivity contribution in [3.05, 3.63) is 28.5 Å². The molecule has 0 radical (unpaired) electrons. The monoisotopic (exact) mass is 323 g/mol. The van der Waals surface area contributed by atoms with E-state index in [2.05, 4.69) is 26.1 Å². The van der Waals surface area contributed by atoms with Crippen molar-refractivity contribution in [2.45, 2.75) is 18.9 Å². The quantitative estimate of drug-likeness (QED) is 0.874. The molecule has 100 valence electrons. The van der Waals surface area contributed by atoms with E-state index >= 15 is 0 Å². The first-order valence-electron chi connectivity index (χ1n) is 6.11. The maximum atomic E-state index is 5.78. The van der Waals surface area contributed by atoms with Gasteiger partial charge in [0.2, 0.25) is 5.82 Å². The minimum Gasteiger partial charge on any atom is -0.399 e. The van der Waals surface area contributed by atoms with Crippen LogP contribution in [0.15, 0.2) is 27.2 Å². The smallest absolute Gasteiger partial charge is 0.259 e. The highest BCUT2D eigenvalue weighted by Gasteiger charge is 2.35. The lowest BCUT2D eigenvalue weighted by Gasteiger charge is -2.08. The Bertz CT molecular complexity index is 595.